The maximum Gasteiger partial charge on any atom is 0.322 e. The Hall–Kier alpha value is -2.89. The molecule has 0 radical (unpaired) electrons. The molecule has 2 amide bonds. The molecule has 6 nitrogen and oxygen atoms in total. The number of carbonyl (C=O) groups is 1. The number of amides is 2. The van der Waals surface area contributed by atoms with Crippen LogP contribution in [-0.2, 0) is 6.54 Å². The number of ether oxygens (including phenoxy) is 2. The van der Waals surface area contributed by atoms with Gasteiger partial charge in [0.15, 0.2) is 0 Å². The van der Waals surface area contributed by atoms with Gasteiger partial charge < -0.3 is 24.8 Å². The Balaban J connectivity index is 2.16. The minimum absolute atomic E-state index is 0.180. The molecule has 0 fully saturated rings. The second kappa shape index (κ2) is 8.82. The van der Waals surface area contributed by atoms with Crippen molar-refractivity contribution in [3.63, 3.8) is 0 Å². The van der Waals surface area contributed by atoms with Gasteiger partial charge in [0.1, 0.15) is 17.2 Å². The van der Waals surface area contributed by atoms with Crippen molar-refractivity contribution >= 4 is 11.7 Å². The minimum atomic E-state index is -0.250. The highest BCUT2D eigenvalue weighted by atomic mass is 16.5. The molecule has 0 aromatic heterocycles. The first-order valence-corrected chi connectivity index (χ1v) is 8.13. The molecule has 134 valence electrons. The van der Waals surface area contributed by atoms with E-state index < -0.39 is 0 Å². The van der Waals surface area contributed by atoms with E-state index in [2.05, 4.69) is 5.32 Å². The molecular weight excluding hydrogens is 320 g/mol. The zero-order valence-electron chi connectivity index (χ0n) is 14.8. The molecule has 0 aliphatic heterocycles. The van der Waals surface area contributed by atoms with Crippen molar-refractivity contribution < 1.29 is 19.4 Å². The van der Waals surface area contributed by atoms with E-state index in [1.54, 1.807) is 55.5 Å². The zero-order chi connectivity index (χ0) is 18.2. The molecule has 2 rings (SSSR count). The van der Waals surface area contributed by atoms with Gasteiger partial charge in [0.25, 0.3) is 0 Å². The number of benzene rings is 2. The SMILES string of the molecule is CCCN(Cc1ccccc1O)C(=O)Nc1cc(OC)cc(OC)c1. The third-order valence-electron chi connectivity index (χ3n) is 3.74. The van der Waals surface area contributed by atoms with Gasteiger partial charge in [0.2, 0.25) is 0 Å². The molecule has 0 saturated heterocycles. The van der Waals surface area contributed by atoms with Gasteiger partial charge in [-0.15, -0.1) is 0 Å². The number of phenols is 1. The molecule has 0 saturated carbocycles. The highest BCUT2D eigenvalue weighted by Gasteiger charge is 2.16. The average Bonchev–Trinajstić information content (AvgIpc) is 2.62. The predicted octanol–water partition coefficient (Wildman–Crippen LogP) is 3.85. The second-order valence-corrected chi connectivity index (χ2v) is 5.58. The fourth-order valence-electron chi connectivity index (χ4n) is 2.45. The first-order valence-electron chi connectivity index (χ1n) is 8.13. The number of aromatic hydroxyl groups is 1. The molecule has 6 heteroatoms. The number of methoxy groups -OCH3 is 2. The summed E-state index contributed by atoms with van der Waals surface area (Å²) in [4.78, 5) is 14.3. The van der Waals surface area contributed by atoms with Gasteiger partial charge in [-0.25, -0.2) is 4.79 Å². The number of hydrogen-bond acceptors (Lipinski definition) is 4. The van der Waals surface area contributed by atoms with Crippen molar-refractivity contribution in [1.82, 2.24) is 4.90 Å². The zero-order valence-corrected chi connectivity index (χ0v) is 14.8. The van der Waals surface area contributed by atoms with Crippen LogP contribution in [0.2, 0.25) is 0 Å². The van der Waals surface area contributed by atoms with Crippen LogP contribution in [0.4, 0.5) is 10.5 Å². The van der Waals surface area contributed by atoms with Gasteiger partial charge in [-0.1, -0.05) is 25.1 Å². The summed E-state index contributed by atoms with van der Waals surface area (Å²) >= 11 is 0. The van der Waals surface area contributed by atoms with Crippen LogP contribution in [-0.4, -0.2) is 36.8 Å². The van der Waals surface area contributed by atoms with Crippen molar-refractivity contribution in [2.75, 3.05) is 26.1 Å². The molecule has 0 bridgehead atoms. The molecule has 2 aromatic carbocycles. The highest BCUT2D eigenvalue weighted by molar-refractivity contribution is 5.89. The van der Waals surface area contributed by atoms with E-state index in [-0.39, 0.29) is 11.8 Å². The van der Waals surface area contributed by atoms with E-state index >= 15 is 0 Å². The van der Waals surface area contributed by atoms with Crippen LogP contribution in [0.25, 0.3) is 0 Å². The first-order chi connectivity index (χ1) is 12.1. The summed E-state index contributed by atoms with van der Waals surface area (Å²) in [5.74, 6) is 1.37. The summed E-state index contributed by atoms with van der Waals surface area (Å²) in [6.07, 6.45) is 0.808. The smallest absolute Gasteiger partial charge is 0.322 e. The molecule has 0 unspecified atom stereocenters. The predicted molar refractivity (Wildman–Crippen MR) is 97.4 cm³/mol. The number of para-hydroxylation sites is 1. The average molecular weight is 344 g/mol. The van der Waals surface area contributed by atoms with Crippen LogP contribution < -0.4 is 14.8 Å². The van der Waals surface area contributed by atoms with E-state index in [1.807, 2.05) is 13.0 Å². The number of nitrogens with zero attached hydrogens (tertiary/aromatic N) is 1. The number of carbonyl (C=O) groups excluding carboxylic acids is 1. The third-order valence-corrected chi connectivity index (χ3v) is 3.74. The third kappa shape index (κ3) is 5.04. The van der Waals surface area contributed by atoms with Crippen LogP contribution in [0.5, 0.6) is 17.2 Å². The van der Waals surface area contributed by atoms with E-state index in [4.69, 9.17) is 9.47 Å². The number of phenolic OH excluding ortho intramolecular Hbond substituents is 1. The lowest BCUT2D eigenvalue weighted by Gasteiger charge is -2.23. The van der Waals surface area contributed by atoms with Crippen LogP contribution in [0.1, 0.15) is 18.9 Å². The van der Waals surface area contributed by atoms with Gasteiger partial charge in [-0.05, 0) is 12.5 Å². The van der Waals surface area contributed by atoms with Gasteiger partial charge in [-0.3, -0.25) is 0 Å². The van der Waals surface area contributed by atoms with Gasteiger partial charge in [-0.2, -0.15) is 0 Å². The topological polar surface area (TPSA) is 71.0 Å². The van der Waals surface area contributed by atoms with Crippen molar-refractivity contribution in [1.29, 1.82) is 0 Å². The summed E-state index contributed by atoms with van der Waals surface area (Å²) in [5, 5.41) is 12.8. The van der Waals surface area contributed by atoms with Crippen molar-refractivity contribution in [2.24, 2.45) is 0 Å². The van der Waals surface area contributed by atoms with Gasteiger partial charge in [0, 0.05) is 36.0 Å². The van der Waals surface area contributed by atoms with Crippen molar-refractivity contribution in [3.05, 3.63) is 48.0 Å². The Labute approximate surface area is 148 Å². The molecule has 0 aliphatic rings. The van der Waals surface area contributed by atoms with E-state index in [1.165, 1.54) is 0 Å². The normalized spacial score (nSPS) is 10.2. The number of rotatable bonds is 7. The second-order valence-electron chi connectivity index (χ2n) is 5.58. The summed E-state index contributed by atoms with van der Waals surface area (Å²) in [7, 11) is 3.11. The standard InChI is InChI=1S/C19H24N2O4/c1-4-9-21(13-14-7-5-6-8-18(14)22)19(23)20-15-10-16(24-2)12-17(11-15)25-3/h5-8,10-12,22H,4,9,13H2,1-3H3,(H,20,23). The Bertz CT molecular complexity index is 696. The number of urea groups is 1. The maximum atomic E-state index is 12.7. The molecule has 2 N–H and O–H groups in total. The quantitative estimate of drug-likeness (QED) is 0.800. The van der Waals surface area contributed by atoms with Crippen LogP contribution in [0, 0.1) is 0 Å². The van der Waals surface area contributed by atoms with E-state index in [9.17, 15) is 9.90 Å². The largest absolute Gasteiger partial charge is 0.508 e. The Morgan fingerprint density at radius 1 is 1.12 bits per heavy atom. The van der Waals surface area contributed by atoms with E-state index in [0.717, 1.165) is 6.42 Å². The van der Waals surface area contributed by atoms with Crippen molar-refractivity contribution in [3.8, 4) is 17.2 Å². The minimum Gasteiger partial charge on any atom is -0.508 e. The van der Waals surface area contributed by atoms with Crippen LogP contribution in [0.15, 0.2) is 42.5 Å². The molecule has 0 aliphatic carbocycles. The fraction of sp³-hybridized carbons (Fsp3) is 0.316. The Morgan fingerprint density at radius 2 is 1.76 bits per heavy atom. The van der Waals surface area contributed by atoms with Crippen LogP contribution >= 0.6 is 0 Å². The summed E-state index contributed by atoms with van der Waals surface area (Å²) < 4.78 is 10.4. The van der Waals surface area contributed by atoms with Gasteiger partial charge >= 0.3 is 6.03 Å². The van der Waals surface area contributed by atoms with Gasteiger partial charge in [0.05, 0.1) is 20.8 Å². The highest BCUT2D eigenvalue weighted by Crippen LogP contribution is 2.26. The lowest BCUT2D eigenvalue weighted by atomic mass is 10.2. The molecule has 0 atom stereocenters. The Kier molecular flexibility index (Phi) is 6.51. The molecule has 0 heterocycles. The van der Waals surface area contributed by atoms with Crippen molar-refractivity contribution in [2.45, 2.75) is 19.9 Å². The summed E-state index contributed by atoms with van der Waals surface area (Å²) in [6, 6.07) is 12.0. The molecule has 0 spiro atoms. The maximum absolute atomic E-state index is 12.7. The number of anilines is 1. The summed E-state index contributed by atoms with van der Waals surface area (Å²) in [5.41, 5.74) is 1.29. The Morgan fingerprint density at radius 3 is 2.32 bits per heavy atom. The number of nitrogens with one attached hydrogen (secondary N) is 1. The molecular formula is C19H24N2O4. The first kappa shape index (κ1) is 18.4. The number of hydrogen-bond donors (Lipinski definition) is 2. The van der Waals surface area contributed by atoms with Crippen LogP contribution in [0.3, 0.4) is 0 Å². The molecule has 25 heavy (non-hydrogen) atoms. The molecule has 2 aromatic rings. The lowest BCUT2D eigenvalue weighted by Crippen LogP contribution is -2.35. The van der Waals surface area contributed by atoms with E-state index in [0.29, 0.717) is 35.8 Å². The fourth-order valence-corrected chi connectivity index (χ4v) is 2.45. The monoisotopic (exact) mass is 344 g/mol. The summed E-state index contributed by atoms with van der Waals surface area (Å²) in [6.45, 7) is 2.90. The lowest BCUT2D eigenvalue weighted by molar-refractivity contribution is 0.208.